The summed E-state index contributed by atoms with van der Waals surface area (Å²) >= 11 is 1.18. The van der Waals surface area contributed by atoms with Crippen molar-refractivity contribution in [2.75, 3.05) is 20.3 Å². The van der Waals surface area contributed by atoms with Gasteiger partial charge in [0.25, 0.3) is 11.4 Å². The SMILES string of the molecule is COc1ccccc1[C@H](Cn1c(=O)n(C2(C(=O)O)CC2)c(=O)c2c(C)c(-c3ncno3)sc21)OC1CCOCC1. The van der Waals surface area contributed by atoms with E-state index in [1.165, 1.54) is 22.2 Å². The van der Waals surface area contributed by atoms with Gasteiger partial charge in [-0.15, -0.1) is 11.3 Å². The molecule has 1 aliphatic heterocycles. The summed E-state index contributed by atoms with van der Waals surface area (Å²) in [7, 11) is 1.57. The third-order valence-corrected chi connectivity index (χ3v) is 8.98. The molecule has 3 aromatic heterocycles. The molecule has 40 heavy (non-hydrogen) atoms. The number of carboxylic acids is 1. The normalized spacial score (nSPS) is 17.6. The van der Waals surface area contributed by atoms with Gasteiger partial charge in [0.15, 0.2) is 6.33 Å². The third kappa shape index (κ3) is 4.34. The molecular formula is C27H28N4O8S. The van der Waals surface area contributed by atoms with Crippen LogP contribution in [0.15, 0.2) is 44.7 Å². The van der Waals surface area contributed by atoms with Crippen LogP contribution in [0, 0.1) is 6.92 Å². The summed E-state index contributed by atoms with van der Waals surface area (Å²) in [5, 5.41) is 14.0. The van der Waals surface area contributed by atoms with Gasteiger partial charge in [-0.3, -0.25) is 9.36 Å². The highest BCUT2D eigenvalue weighted by Gasteiger charge is 2.55. The van der Waals surface area contributed by atoms with Crippen LogP contribution in [0.5, 0.6) is 5.75 Å². The van der Waals surface area contributed by atoms with Crippen LogP contribution in [-0.2, 0) is 26.4 Å². The van der Waals surface area contributed by atoms with Crippen molar-refractivity contribution in [1.82, 2.24) is 19.3 Å². The molecule has 1 saturated heterocycles. The van der Waals surface area contributed by atoms with Crippen LogP contribution in [-0.4, -0.2) is 56.8 Å². The van der Waals surface area contributed by atoms with Gasteiger partial charge in [0.05, 0.1) is 30.0 Å². The highest BCUT2D eigenvalue weighted by molar-refractivity contribution is 7.22. The Morgan fingerprint density at radius 2 is 2.00 bits per heavy atom. The van der Waals surface area contributed by atoms with Crippen molar-refractivity contribution in [3.05, 3.63) is 62.6 Å². The molecule has 0 spiro atoms. The molecule has 210 valence electrons. The largest absolute Gasteiger partial charge is 0.496 e. The van der Waals surface area contributed by atoms with E-state index in [-0.39, 0.29) is 36.8 Å². The monoisotopic (exact) mass is 568 g/mol. The molecule has 2 fully saturated rings. The molecule has 1 N–H and O–H groups in total. The van der Waals surface area contributed by atoms with E-state index in [2.05, 4.69) is 10.1 Å². The van der Waals surface area contributed by atoms with E-state index < -0.39 is 28.9 Å². The molecule has 13 heteroatoms. The second-order valence-corrected chi connectivity index (χ2v) is 11.0. The molecule has 4 aromatic rings. The standard InChI is InChI=1S/C27H28N4O8S/c1-15-20-23(32)31(27(9-10-27)25(33)34)26(35)30(24(20)40-21(15)22-28-14-29-39-22)13-19(38-16-7-11-37-12-8-16)17-5-3-4-6-18(17)36-2/h3-6,14,16,19H,7-13H2,1-2H3,(H,33,34)/t19-/m0/s1. The van der Waals surface area contributed by atoms with Crippen molar-refractivity contribution in [3.8, 4) is 16.5 Å². The number of aliphatic carboxylic acids is 1. The van der Waals surface area contributed by atoms with Crippen LogP contribution in [0.25, 0.3) is 21.0 Å². The van der Waals surface area contributed by atoms with E-state index in [0.717, 1.165) is 10.1 Å². The average molecular weight is 569 g/mol. The Morgan fingerprint density at radius 3 is 2.65 bits per heavy atom. The highest BCUT2D eigenvalue weighted by atomic mass is 32.1. The van der Waals surface area contributed by atoms with E-state index in [4.69, 9.17) is 18.7 Å². The molecule has 0 bridgehead atoms. The molecule has 0 unspecified atom stereocenters. The maximum Gasteiger partial charge on any atom is 0.333 e. The molecule has 2 aliphatic rings. The number of ether oxygens (including phenoxy) is 3. The first-order valence-corrected chi connectivity index (χ1v) is 13.8. The van der Waals surface area contributed by atoms with E-state index in [9.17, 15) is 19.5 Å². The van der Waals surface area contributed by atoms with Crippen molar-refractivity contribution in [3.63, 3.8) is 0 Å². The summed E-state index contributed by atoms with van der Waals surface area (Å²) in [4.78, 5) is 45.3. The summed E-state index contributed by atoms with van der Waals surface area (Å²) in [5.41, 5.74) is -1.65. The van der Waals surface area contributed by atoms with Gasteiger partial charge in [-0.05, 0) is 44.2 Å². The number of fused-ring (bicyclic) bond motifs is 1. The zero-order valence-electron chi connectivity index (χ0n) is 22.0. The number of carboxylic acid groups (broad SMARTS) is 1. The van der Waals surface area contributed by atoms with Crippen LogP contribution < -0.4 is 16.0 Å². The summed E-state index contributed by atoms with van der Waals surface area (Å²) < 4.78 is 25.4. The van der Waals surface area contributed by atoms with Gasteiger partial charge in [0.1, 0.15) is 22.2 Å². The lowest BCUT2D eigenvalue weighted by atomic mass is 10.1. The lowest BCUT2D eigenvalue weighted by molar-refractivity contribution is -0.142. The highest BCUT2D eigenvalue weighted by Crippen LogP contribution is 2.43. The Kier molecular flexibility index (Phi) is 6.80. The van der Waals surface area contributed by atoms with Crippen molar-refractivity contribution in [2.45, 2.75) is 56.9 Å². The number of aryl methyl sites for hydroxylation is 1. The first kappa shape index (κ1) is 26.4. The topological polar surface area (TPSA) is 148 Å². The Labute approximate surface area is 231 Å². The fraction of sp³-hybridized carbons (Fsp3) is 0.444. The van der Waals surface area contributed by atoms with Gasteiger partial charge in [-0.1, -0.05) is 23.4 Å². The van der Waals surface area contributed by atoms with Crippen molar-refractivity contribution in [2.24, 2.45) is 0 Å². The van der Waals surface area contributed by atoms with E-state index in [1.54, 1.807) is 14.0 Å². The van der Waals surface area contributed by atoms with Gasteiger partial charge >= 0.3 is 11.7 Å². The zero-order chi connectivity index (χ0) is 28.0. The second kappa shape index (κ2) is 10.3. The minimum atomic E-state index is -1.58. The molecular weight excluding hydrogens is 540 g/mol. The first-order valence-electron chi connectivity index (χ1n) is 13.0. The van der Waals surface area contributed by atoms with E-state index >= 15 is 0 Å². The summed E-state index contributed by atoms with van der Waals surface area (Å²) in [5.74, 6) is -0.402. The number of benzene rings is 1. The molecule has 1 saturated carbocycles. The molecule has 1 aliphatic carbocycles. The fourth-order valence-electron chi connectivity index (χ4n) is 5.37. The predicted octanol–water partition coefficient (Wildman–Crippen LogP) is 3.10. The maximum absolute atomic E-state index is 14.1. The summed E-state index contributed by atoms with van der Waals surface area (Å²) in [6.45, 7) is 2.89. The number of rotatable bonds is 9. The number of methoxy groups -OCH3 is 1. The van der Waals surface area contributed by atoms with Crippen LogP contribution in [0.3, 0.4) is 0 Å². The molecule has 4 heterocycles. The molecule has 6 rings (SSSR count). The quantitative estimate of drug-likeness (QED) is 0.319. The first-order chi connectivity index (χ1) is 19.4. The summed E-state index contributed by atoms with van der Waals surface area (Å²) in [6.07, 6.45) is 2.27. The lowest BCUT2D eigenvalue weighted by Crippen LogP contribution is -2.49. The Balaban J connectivity index is 1.57. The zero-order valence-corrected chi connectivity index (χ0v) is 22.8. The van der Waals surface area contributed by atoms with Gasteiger partial charge < -0.3 is 23.8 Å². The van der Waals surface area contributed by atoms with Gasteiger partial charge in [-0.2, -0.15) is 4.98 Å². The average Bonchev–Trinajstić information content (AvgIpc) is 3.42. The number of para-hydroxylation sites is 1. The van der Waals surface area contributed by atoms with E-state index in [1.807, 2.05) is 24.3 Å². The second-order valence-electron chi connectivity index (χ2n) is 10.0. The summed E-state index contributed by atoms with van der Waals surface area (Å²) in [6, 6.07) is 7.41. The lowest BCUT2D eigenvalue weighted by Gasteiger charge is -2.29. The van der Waals surface area contributed by atoms with Crippen LogP contribution in [0.1, 0.15) is 42.9 Å². The fourth-order valence-corrected chi connectivity index (χ4v) is 6.60. The number of hydrogen-bond acceptors (Lipinski definition) is 10. The van der Waals surface area contributed by atoms with E-state index in [0.29, 0.717) is 47.1 Å². The van der Waals surface area contributed by atoms with Crippen molar-refractivity contribution >= 4 is 27.5 Å². The third-order valence-electron chi connectivity index (χ3n) is 7.68. The number of carbonyl (C=O) groups is 1. The van der Waals surface area contributed by atoms with Gasteiger partial charge in [-0.25, -0.2) is 14.2 Å². The maximum atomic E-state index is 14.1. The number of thiophene rings is 1. The Bertz CT molecular complexity index is 1680. The molecule has 0 amide bonds. The molecule has 1 aromatic carbocycles. The van der Waals surface area contributed by atoms with Crippen LogP contribution >= 0.6 is 11.3 Å². The molecule has 12 nitrogen and oxygen atoms in total. The van der Waals surface area contributed by atoms with Crippen LogP contribution in [0.4, 0.5) is 0 Å². The molecule has 0 radical (unpaired) electrons. The van der Waals surface area contributed by atoms with Gasteiger partial charge in [0, 0.05) is 18.8 Å². The smallest absolute Gasteiger partial charge is 0.333 e. The minimum Gasteiger partial charge on any atom is -0.496 e. The Morgan fingerprint density at radius 1 is 1.25 bits per heavy atom. The Hall–Kier alpha value is -3.81. The van der Waals surface area contributed by atoms with Crippen LogP contribution in [0.2, 0.25) is 0 Å². The van der Waals surface area contributed by atoms with Crippen molar-refractivity contribution in [1.29, 1.82) is 0 Å². The number of aromatic nitrogens is 4. The van der Waals surface area contributed by atoms with Crippen molar-refractivity contribution < 1.29 is 28.6 Å². The minimum absolute atomic E-state index is 0.0201. The molecule has 1 atom stereocenters. The number of hydrogen-bond donors (Lipinski definition) is 1. The van der Waals surface area contributed by atoms with Gasteiger partial charge in [0.2, 0.25) is 0 Å². The number of nitrogens with zero attached hydrogens (tertiary/aromatic N) is 4. The predicted molar refractivity (Wildman–Crippen MR) is 144 cm³/mol.